The van der Waals surface area contributed by atoms with Gasteiger partial charge in [0.2, 0.25) is 0 Å². The van der Waals surface area contributed by atoms with Crippen LogP contribution in [-0.2, 0) is 4.74 Å². The van der Waals surface area contributed by atoms with Crippen molar-refractivity contribution in [1.82, 2.24) is 10.3 Å². The lowest BCUT2D eigenvalue weighted by atomic mass is 10.1. The fraction of sp³-hybridized carbons (Fsp3) is 0.688. The third kappa shape index (κ3) is 4.46. The Bertz CT molecular complexity index is 384. The van der Waals surface area contributed by atoms with E-state index < -0.39 is 0 Å². The van der Waals surface area contributed by atoms with E-state index in [9.17, 15) is 0 Å². The first-order valence-electron chi connectivity index (χ1n) is 7.59. The molecule has 0 bridgehead atoms. The Morgan fingerprint density at radius 3 is 2.70 bits per heavy atom. The summed E-state index contributed by atoms with van der Waals surface area (Å²) in [7, 11) is 1.75. The quantitative estimate of drug-likeness (QED) is 0.754. The fourth-order valence-corrected chi connectivity index (χ4v) is 2.46. The first-order chi connectivity index (χ1) is 9.65. The lowest BCUT2D eigenvalue weighted by Gasteiger charge is -2.31. The number of likely N-dealkylation sites (N-methyl/N-ethyl adjacent to an activating group) is 1. The number of methoxy groups -OCH3 is 1. The second-order valence-corrected chi connectivity index (χ2v) is 5.18. The van der Waals surface area contributed by atoms with Gasteiger partial charge in [-0.15, -0.1) is 0 Å². The Hall–Kier alpha value is -1.13. The van der Waals surface area contributed by atoms with Crippen molar-refractivity contribution < 1.29 is 4.74 Å². The van der Waals surface area contributed by atoms with Crippen LogP contribution >= 0.6 is 0 Å². The van der Waals surface area contributed by atoms with Crippen molar-refractivity contribution in [2.75, 3.05) is 31.7 Å². The molecule has 1 heterocycles. The molecule has 0 aromatic carbocycles. The van der Waals surface area contributed by atoms with Crippen LogP contribution in [0.2, 0.25) is 0 Å². The number of ether oxygens (including phenoxy) is 1. The number of pyridine rings is 1. The van der Waals surface area contributed by atoms with Gasteiger partial charge in [-0.05, 0) is 39.8 Å². The minimum Gasteiger partial charge on any atom is -0.383 e. The third-order valence-electron chi connectivity index (χ3n) is 3.54. The number of nitrogens with one attached hydrogen (secondary N) is 1. The molecule has 1 rings (SSSR count). The van der Waals surface area contributed by atoms with E-state index in [-0.39, 0.29) is 0 Å². The maximum absolute atomic E-state index is 5.29. The summed E-state index contributed by atoms with van der Waals surface area (Å²) in [5.74, 6) is 1.07. The minimum absolute atomic E-state index is 0.308. The Morgan fingerprint density at radius 1 is 1.35 bits per heavy atom. The maximum Gasteiger partial charge on any atom is 0.133 e. The van der Waals surface area contributed by atoms with Crippen molar-refractivity contribution in [3.8, 4) is 0 Å². The van der Waals surface area contributed by atoms with Gasteiger partial charge < -0.3 is 15.0 Å². The van der Waals surface area contributed by atoms with E-state index in [4.69, 9.17) is 4.74 Å². The van der Waals surface area contributed by atoms with Gasteiger partial charge in [0, 0.05) is 31.5 Å². The number of hydrogen-bond donors (Lipinski definition) is 1. The summed E-state index contributed by atoms with van der Waals surface area (Å²) in [6.45, 7) is 11.4. The second kappa shape index (κ2) is 8.93. The van der Waals surface area contributed by atoms with Crippen molar-refractivity contribution in [2.24, 2.45) is 0 Å². The molecular formula is C16H29N3O. The minimum atomic E-state index is 0.308. The molecule has 2 unspecified atom stereocenters. The summed E-state index contributed by atoms with van der Waals surface area (Å²) in [4.78, 5) is 6.92. The van der Waals surface area contributed by atoms with Crippen molar-refractivity contribution in [3.63, 3.8) is 0 Å². The van der Waals surface area contributed by atoms with Crippen LogP contribution in [-0.4, -0.2) is 37.8 Å². The maximum atomic E-state index is 5.29. The molecule has 0 saturated heterocycles. The van der Waals surface area contributed by atoms with Crippen molar-refractivity contribution in [2.45, 2.75) is 46.2 Å². The number of anilines is 1. The summed E-state index contributed by atoms with van der Waals surface area (Å²) >= 11 is 0. The number of rotatable bonds is 9. The van der Waals surface area contributed by atoms with Gasteiger partial charge in [0.15, 0.2) is 0 Å². The average Bonchev–Trinajstić information content (AvgIpc) is 2.46. The normalized spacial score (nSPS) is 14.1. The predicted molar refractivity (Wildman–Crippen MR) is 85.3 cm³/mol. The molecule has 0 aliphatic carbocycles. The zero-order valence-electron chi connectivity index (χ0n) is 13.5. The highest BCUT2D eigenvalue weighted by Gasteiger charge is 2.19. The van der Waals surface area contributed by atoms with E-state index in [2.05, 4.69) is 49.0 Å². The van der Waals surface area contributed by atoms with Crippen LogP contribution in [0.15, 0.2) is 18.3 Å². The zero-order chi connectivity index (χ0) is 15.0. The molecule has 1 aromatic heterocycles. The largest absolute Gasteiger partial charge is 0.383 e. The molecule has 4 nitrogen and oxygen atoms in total. The highest BCUT2D eigenvalue weighted by atomic mass is 16.5. The van der Waals surface area contributed by atoms with E-state index >= 15 is 0 Å². The molecule has 0 aliphatic rings. The molecule has 0 radical (unpaired) electrons. The van der Waals surface area contributed by atoms with Gasteiger partial charge in [0.05, 0.1) is 12.6 Å². The van der Waals surface area contributed by atoms with Crippen LogP contribution in [0.5, 0.6) is 0 Å². The van der Waals surface area contributed by atoms with Crippen LogP contribution in [0.25, 0.3) is 0 Å². The molecule has 0 spiro atoms. The predicted octanol–water partition coefficient (Wildman–Crippen LogP) is 3.00. The third-order valence-corrected chi connectivity index (χ3v) is 3.54. The molecule has 0 amide bonds. The second-order valence-electron chi connectivity index (χ2n) is 5.18. The van der Waals surface area contributed by atoms with Gasteiger partial charge in [-0.25, -0.2) is 4.98 Å². The molecule has 4 heteroatoms. The highest BCUT2D eigenvalue weighted by Crippen LogP contribution is 2.25. The Labute approximate surface area is 123 Å². The van der Waals surface area contributed by atoms with Crippen molar-refractivity contribution in [1.29, 1.82) is 0 Å². The summed E-state index contributed by atoms with van der Waals surface area (Å²) in [5, 5.41) is 3.54. The zero-order valence-corrected chi connectivity index (χ0v) is 13.5. The summed E-state index contributed by atoms with van der Waals surface area (Å²) in [5.41, 5.74) is 1.26. The number of aromatic nitrogens is 1. The van der Waals surface area contributed by atoms with Crippen LogP contribution in [0.1, 0.15) is 45.7 Å². The molecule has 2 atom stereocenters. The van der Waals surface area contributed by atoms with Crippen LogP contribution < -0.4 is 10.2 Å². The number of hydrogen-bond acceptors (Lipinski definition) is 4. The average molecular weight is 279 g/mol. The molecular weight excluding hydrogens is 250 g/mol. The molecule has 1 aromatic rings. The molecule has 20 heavy (non-hydrogen) atoms. The Morgan fingerprint density at radius 2 is 2.10 bits per heavy atom. The van der Waals surface area contributed by atoms with Gasteiger partial charge >= 0.3 is 0 Å². The van der Waals surface area contributed by atoms with E-state index in [0.717, 1.165) is 25.3 Å². The SMILES string of the molecule is CCCNC(C)c1cccnc1N(CC)C(C)COC. The molecule has 0 fully saturated rings. The topological polar surface area (TPSA) is 37.4 Å². The van der Waals surface area contributed by atoms with E-state index in [1.807, 2.05) is 12.3 Å². The summed E-state index contributed by atoms with van der Waals surface area (Å²) < 4.78 is 5.29. The van der Waals surface area contributed by atoms with Gasteiger partial charge in [-0.1, -0.05) is 13.0 Å². The van der Waals surface area contributed by atoms with Crippen LogP contribution in [0, 0.1) is 0 Å². The Kier molecular flexibility index (Phi) is 7.55. The smallest absolute Gasteiger partial charge is 0.133 e. The van der Waals surface area contributed by atoms with Crippen LogP contribution in [0.4, 0.5) is 5.82 Å². The number of nitrogens with zero attached hydrogens (tertiary/aromatic N) is 2. The van der Waals surface area contributed by atoms with E-state index in [0.29, 0.717) is 18.7 Å². The molecule has 0 saturated carbocycles. The fourth-order valence-electron chi connectivity index (χ4n) is 2.46. The summed E-state index contributed by atoms with van der Waals surface area (Å²) in [6, 6.07) is 4.80. The standard InChI is InChI=1S/C16H29N3O/c1-6-10-17-14(4)15-9-8-11-18-16(15)19(7-2)13(3)12-20-5/h8-9,11,13-14,17H,6-7,10,12H2,1-5H3. The first kappa shape index (κ1) is 16.9. The van der Waals surface area contributed by atoms with E-state index in [1.54, 1.807) is 7.11 Å². The highest BCUT2D eigenvalue weighted by molar-refractivity contribution is 5.49. The van der Waals surface area contributed by atoms with Gasteiger partial charge in [-0.3, -0.25) is 0 Å². The van der Waals surface area contributed by atoms with Crippen LogP contribution in [0.3, 0.4) is 0 Å². The Balaban J connectivity index is 2.97. The van der Waals surface area contributed by atoms with Gasteiger partial charge in [0.25, 0.3) is 0 Å². The van der Waals surface area contributed by atoms with Gasteiger partial charge in [0.1, 0.15) is 5.82 Å². The molecule has 1 N–H and O–H groups in total. The molecule has 0 aliphatic heterocycles. The first-order valence-corrected chi connectivity index (χ1v) is 7.59. The van der Waals surface area contributed by atoms with Gasteiger partial charge in [-0.2, -0.15) is 0 Å². The molecule has 114 valence electrons. The monoisotopic (exact) mass is 279 g/mol. The van der Waals surface area contributed by atoms with Crippen molar-refractivity contribution >= 4 is 5.82 Å². The van der Waals surface area contributed by atoms with E-state index in [1.165, 1.54) is 5.56 Å². The lowest BCUT2D eigenvalue weighted by molar-refractivity contribution is 0.181. The lowest BCUT2D eigenvalue weighted by Crippen LogP contribution is -2.38. The van der Waals surface area contributed by atoms with Crippen molar-refractivity contribution in [3.05, 3.63) is 23.9 Å². The summed E-state index contributed by atoms with van der Waals surface area (Å²) in [6.07, 6.45) is 3.01.